The van der Waals surface area contributed by atoms with Gasteiger partial charge in [0, 0.05) is 4.47 Å². The van der Waals surface area contributed by atoms with Crippen LogP contribution in [0.2, 0.25) is 5.15 Å². The van der Waals surface area contributed by atoms with Gasteiger partial charge in [0.2, 0.25) is 0 Å². The van der Waals surface area contributed by atoms with Crippen molar-refractivity contribution in [3.05, 3.63) is 51.7 Å². The number of benzene rings is 1. The van der Waals surface area contributed by atoms with Crippen LogP contribution in [-0.2, 0) is 0 Å². The lowest BCUT2D eigenvalue weighted by atomic mass is 10.3. The molecule has 1 aromatic heterocycles. The number of para-hydroxylation sites is 1. The second-order valence-electron chi connectivity index (χ2n) is 3.18. The zero-order valence-corrected chi connectivity index (χ0v) is 10.9. The van der Waals surface area contributed by atoms with E-state index in [1.165, 1.54) is 12.1 Å². The van der Waals surface area contributed by atoms with E-state index in [0.29, 0.717) is 5.69 Å². The summed E-state index contributed by atoms with van der Waals surface area (Å²) in [4.78, 5) is 11.8. The number of anilines is 1. The fourth-order valence-electron chi connectivity index (χ4n) is 1.19. The molecule has 0 unspecified atom stereocenters. The number of halogens is 2. The molecule has 0 spiro atoms. The molecule has 1 heterocycles. The van der Waals surface area contributed by atoms with Gasteiger partial charge in [-0.2, -0.15) is 0 Å². The smallest absolute Gasteiger partial charge is 0.276 e. The largest absolute Gasteiger partial charge is 0.320 e. The number of hydrogen-bond acceptors (Lipinski definition) is 3. The maximum absolute atomic E-state index is 11.8. The predicted octanol–water partition coefficient (Wildman–Crippen LogP) is 3.14. The zero-order valence-electron chi connectivity index (χ0n) is 8.52. The van der Waals surface area contributed by atoms with Gasteiger partial charge in [0.15, 0.2) is 10.8 Å². The summed E-state index contributed by atoms with van der Waals surface area (Å²) < 4.78 is 0.801. The normalized spacial score (nSPS) is 10.0. The van der Waals surface area contributed by atoms with Crippen molar-refractivity contribution in [1.29, 1.82) is 0 Å². The second kappa shape index (κ2) is 5.25. The van der Waals surface area contributed by atoms with Crippen molar-refractivity contribution in [2.75, 3.05) is 5.32 Å². The molecule has 0 bridgehead atoms. The standard InChI is InChI=1S/C11H7BrClN3O/c12-7-3-1-2-4-8(7)14-11(17)9-5-6-10(13)16-15-9/h1-6H,(H,14,17). The molecule has 2 rings (SSSR count). The molecule has 1 N–H and O–H groups in total. The monoisotopic (exact) mass is 311 g/mol. The SMILES string of the molecule is O=C(Nc1ccccc1Br)c1ccc(Cl)nn1. The number of hydrogen-bond donors (Lipinski definition) is 1. The van der Waals surface area contributed by atoms with Crippen molar-refractivity contribution in [2.45, 2.75) is 0 Å². The van der Waals surface area contributed by atoms with Gasteiger partial charge in [-0.3, -0.25) is 4.79 Å². The average Bonchev–Trinajstić information content (AvgIpc) is 2.33. The lowest BCUT2D eigenvalue weighted by Crippen LogP contribution is -2.14. The van der Waals surface area contributed by atoms with Crippen molar-refractivity contribution in [1.82, 2.24) is 10.2 Å². The third kappa shape index (κ3) is 3.01. The third-order valence-electron chi connectivity index (χ3n) is 1.99. The molecule has 0 saturated heterocycles. The van der Waals surface area contributed by atoms with Gasteiger partial charge in [-0.15, -0.1) is 10.2 Å². The molecule has 0 aliphatic heterocycles. The molecule has 1 amide bonds. The number of carbonyl (C=O) groups is 1. The van der Waals surface area contributed by atoms with Crippen LogP contribution in [0.1, 0.15) is 10.5 Å². The van der Waals surface area contributed by atoms with Gasteiger partial charge in [0.1, 0.15) is 0 Å². The van der Waals surface area contributed by atoms with E-state index in [4.69, 9.17) is 11.6 Å². The van der Waals surface area contributed by atoms with Crippen LogP contribution in [0.4, 0.5) is 5.69 Å². The molecule has 17 heavy (non-hydrogen) atoms. The van der Waals surface area contributed by atoms with E-state index in [1.807, 2.05) is 18.2 Å². The minimum absolute atomic E-state index is 0.213. The van der Waals surface area contributed by atoms with Crippen molar-refractivity contribution in [3.8, 4) is 0 Å². The first-order valence-corrected chi connectivity index (χ1v) is 5.89. The molecule has 86 valence electrons. The highest BCUT2D eigenvalue weighted by atomic mass is 79.9. The van der Waals surface area contributed by atoms with Crippen LogP contribution < -0.4 is 5.32 Å². The fourth-order valence-corrected chi connectivity index (χ4v) is 1.67. The average molecular weight is 313 g/mol. The maximum atomic E-state index is 11.8. The van der Waals surface area contributed by atoms with E-state index in [0.717, 1.165) is 4.47 Å². The Morgan fingerprint density at radius 1 is 1.18 bits per heavy atom. The molecule has 1 aromatic carbocycles. The second-order valence-corrected chi connectivity index (χ2v) is 4.42. The minimum Gasteiger partial charge on any atom is -0.320 e. The Morgan fingerprint density at radius 2 is 1.94 bits per heavy atom. The fraction of sp³-hybridized carbons (Fsp3) is 0. The molecule has 6 heteroatoms. The van der Waals surface area contributed by atoms with Gasteiger partial charge in [-0.05, 0) is 40.2 Å². The van der Waals surface area contributed by atoms with Gasteiger partial charge in [-0.1, -0.05) is 23.7 Å². The Balaban J connectivity index is 2.17. The molecule has 0 saturated carbocycles. The topological polar surface area (TPSA) is 54.9 Å². The van der Waals surface area contributed by atoms with Crippen molar-refractivity contribution >= 4 is 39.1 Å². The Kier molecular flexibility index (Phi) is 3.71. The molecule has 0 aliphatic carbocycles. The van der Waals surface area contributed by atoms with Crippen molar-refractivity contribution < 1.29 is 4.79 Å². The first-order chi connectivity index (χ1) is 8.16. The number of nitrogens with zero attached hydrogens (tertiary/aromatic N) is 2. The minimum atomic E-state index is -0.332. The summed E-state index contributed by atoms with van der Waals surface area (Å²) in [5.41, 5.74) is 0.888. The molecule has 4 nitrogen and oxygen atoms in total. The van der Waals surface area contributed by atoms with Crippen molar-refractivity contribution in [2.24, 2.45) is 0 Å². The van der Waals surface area contributed by atoms with E-state index in [-0.39, 0.29) is 16.8 Å². The molecular formula is C11H7BrClN3O. The first kappa shape index (κ1) is 12.0. The first-order valence-electron chi connectivity index (χ1n) is 4.72. The molecular weight excluding hydrogens is 305 g/mol. The number of rotatable bonds is 2. The molecule has 2 aromatic rings. The van der Waals surface area contributed by atoms with Gasteiger partial charge in [0.05, 0.1) is 5.69 Å². The van der Waals surface area contributed by atoms with Crippen LogP contribution in [0.5, 0.6) is 0 Å². The van der Waals surface area contributed by atoms with Crippen LogP contribution in [0, 0.1) is 0 Å². The third-order valence-corrected chi connectivity index (χ3v) is 2.88. The van der Waals surface area contributed by atoms with Gasteiger partial charge < -0.3 is 5.32 Å². The summed E-state index contributed by atoms with van der Waals surface area (Å²) in [6, 6.07) is 10.3. The highest BCUT2D eigenvalue weighted by Gasteiger charge is 2.09. The molecule has 0 aliphatic rings. The van der Waals surface area contributed by atoms with E-state index in [2.05, 4.69) is 31.4 Å². The van der Waals surface area contributed by atoms with Crippen LogP contribution in [0.3, 0.4) is 0 Å². The highest BCUT2D eigenvalue weighted by Crippen LogP contribution is 2.21. The molecule has 0 fully saturated rings. The Hall–Kier alpha value is -1.46. The Labute approximate surface area is 111 Å². The number of aromatic nitrogens is 2. The number of carbonyl (C=O) groups excluding carboxylic acids is 1. The van der Waals surface area contributed by atoms with E-state index in [1.54, 1.807) is 6.07 Å². The molecule has 0 radical (unpaired) electrons. The Morgan fingerprint density at radius 3 is 2.59 bits per heavy atom. The number of nitrogens with one attached hydrogen (secondary N) is 1. The zero-order chi connectivity index (χ0) is 12.3. The molecule has 0 atom stereocenters. The summed E-state index contributed by atoms with van der Waals surface area (Å²) in [5, 5.41) is 10.3. The van der Waals surface area contributed by atoms with E-state index >= 15 is 0 Å². The Bertz CT molecular complexity index is 545. The summed E-state index contributed by atoms with van der Waals surface area (Å²) in [6.45, 7) is 0. The lowest BCUT2D eigenvalue weighted by molar-refractivity contribution is 0.102. The van der Waals surface area contributed by atoms with Crippen LogP contribution >= 0.6 is 27.5 Å². The van der Waals surface area contributed by atoms with Crippen molar-refractivity contribution in [3.63, 3.8) is 0 Å². The van der Waals surface area contributed by atoms with Crippen LogP contribution in [-0.4, -0.2) is 16.1 Å². The summed E-state index contributed by atoms with van der Waals surface area (Å²) >= 11 is 8.93. The van der Waals surface area contributed by atoms with E-state index in [9.17, 15) is 4.79 Å². The summed E-state index contributed by atoms with van der Waals surface area (Å²) in [7, 11) is 0. The predicted molar refractivity (Wildman–Crippen MR) is 69.1 cm³/mol. The lowest BCUT2D eigenvalue weighted by Gasteiger charge is -2.05. The van der Waals surface area contributed by atoms with E-state index < -0.39 is 0 Å². The maximum Gasteiger partial charge on any atom is 0.276 e. The number of amides is 1. The summed E-state index contributed by atoms with van der Waals surface area (Å²) in [5.74, 6) is -0.332. The van der Waals surface area contributed by atoms with Crippen LogP contribution in [0.15, 0.2) is 40.9 Å². The van der Waals surface area contributed by atoms with Gasteiger partial charge in [0.25, 0.3) is 5.91 Å². The quantitative estimate of drug-likeness (QED) is 0.927. The van der Waals surface area contributed by atoms with Gasteiger partial charge >= 0.3 is 0 Å². The summed E-state index contributed by atoms with van der Waals surface area (Å²) in [6.07, 6.45) is 0. The van der Waals surface area contributed by atoms with Crippen LogP contribution in [0.25, 0.3) is 0 Å². The highest BCUT2D eigenvalue weighted by molar-refractivity contribution is 9.10. The van der Waals surface area contributed by atoms with Gasteiger partial charge in [-0.25, -0.2) is 0 Å².